The van der Waals surface area contributed by atoms with Crippen molar-refractivity contribution in [1.29, 1.82) is 0 Å². The fourth-order valence-corrected chi connectivity index (χ4v) is 4.05. The quantitative estimate of drug-likeness (QED) is 0.832. The van der Waals surface area contributed by atoms with E-state index in [0.717, 1.165) is 31.4 Å². The largest absolute Gasteiger partial charge is 0.309 e. The minimum atomic E-state index is -3.39. The van der Waals surface area contributed by atoms with Crippen molar-refractivity contribution in [3.05, 3.63) is 35.9 Å². The Morgan fingerprint density at radius 2 is 1.81 bits per heavy atom. The van der Waals surface area contributed by atoms with E-state index in [9.17, 15) is 8.42 Å². The summed E-state index contributed by atoms with van der Waals surface area (Å²) >= 11 is 0. The second-order valence-electron chi connectivity index (χ2n) is 5.78. The Balaban J connectivity index is 2.11. The lowest BCUT2D eigenvalue weighted by Gasteiger charge is -2.24. The molecule has 5 nitrogen and oxygen atoms in total. The number of rotatable bonds is 7. The molecule has 1 aliphatic heterocycles. The van der Waals surface area contributed by atoms with Gasteiger partial charge in [-0.2, -0.15) is 17.4 Å². The summed E-state index contributed by atoms with van der Waals surface area (Å²) in [5, 5.41) is 0. The topological polar surface area (TPSA) is 52.7 Å². The van der Waals surface area contributed by atoms with Gasteiger partial charge in [-0.3, -0.25) is 0 Å². The first kappa shape index (κ1) is 16.4. The lowest BCUT2D eigenvalue weighted by atomic mass is 10.0. The second kappa shape index (κ2) is 7.35. The third kappa shape index (κ3) is 4.78. The smallest absolute Gasteiger partial charge is 0.280 e. The van der Waals surface area contributed by atoms with E-state index >= 15 is 0 Å². The summed E-state index contributed by atoms with van der Waals surface area (Å²) in [5.74, 6) is 0. The predicted octanol–water partition coefficient (Wildman–Crippen LogP) is 1.61. The summed E-state index contributed by atoms with van der Waals surface area (Å²) in [5.41, 5.74) is 1.02. The fourth-order valence-electron chi connectivity index (χ4n) is 2.55. The second-order valence-corrected chi connectivity index (χ2v) is 7.49. The minimum Gasteiger partial charge on any atom is -0.309 e. The number of benzene rings is 1. The van der Waals surface area contributed by atoms with Crippen LogP contribution >= 0.6 is 0 Å². The van der Waals surface area contributed by atoms with Gasteiger partial charge in [-0.05, 0) is 45.5 Å². The zero-order valence-corrected chi connectivity index (χ0v) is 13.6. The van der Waals surface area contributed by atoms with E-state index in [0.29, 0.717) is 13.1 Å². The first-order valence-electron chi connectivity index (χ1n) is 7.46. The zero-order valence-electron chi connectivity index (χ0n) is 12.8. The molecule has 118 valence electrons. The lowest BCUT2D eigenvalue weighted by molar-refractivity contribution is 0.370. The first-order valence-corrected chi connectivity index (χ1v) is 8.90. The Morgan fingerprint density at radius 1 is 1.19 bits per heavy atom. The Bertz CT molecular complexity index is 525. The van der Waals surface area contributed by atoms with E-state index in [1.54, 1.807) is 4.31 Å². The van der Waals surface area contributed by atoms with Crippen LogP contribution in [-0.2, 0) is 10.2 Å². The highest BCUT2D eigenvalue weighted by Crippen LogP contribution is 2.20. The van der Waals surface area contributed by atoms with E-state index in [2.05, 4.69) is 9.62 Å². The van der Waals surface area contributed by atoms with Crippen LogP contribution in [0.5, 0.6) is 0 Å². The maximum absolute atomic E-state index is 12.5. The first-order chi connectivity index (χ1) is 9.99. The highest BCUT2D eigenvalue weighted by Gasteiger charge is 2.28. The van der Waals surface area contributed by atoms with Crippen LogP contribution < -0.4 is 4.72 Å². The van der Waals surface area contributed by atoms with Crippen molar-refractivity contribution in [3.63, 3.8) is 0 Å². The molecule has 0 saturated carbocycles. The maximum Gasteiger partial charge on any atom is 0.280 e. The van der Waals surface area contributed by atoms with Gasteiger partial charge in [0.05, 0.1) is 0 Å². The van der Waals surface area contributed by atoms with Gasteiger partial charge in [-0.1, -0.05) is 30.3 Å². The summed E-state index contributed by atoms with van der Waals surface area (Å²) in [4.78, 5) is 2.07. The predicted molar refractivity (Wildman–Crippen MR) is 85.2 cm³/mol. The van der Waals surface area contributed by atoms with Crippen LogP contribution in [-0.4, -0.2) is 51.4 Å². The fraction of sp³-hybridized carbons (Fsp3) is 0.600. The van der Waals surface area contributed by atoms with Gasteiger partial charge in [0.15, 0.2) is 0 Å². The molecule has 0 unspecified atom stereocenters. The third-order valence-corrected chi connectivity index (χ3v) is 5.39. The van der Waals surface area contributed by atoms with Gasteiger partial charge >= 0.3 is 0 Å². The van der Waals surface area contributed by atoms with Crippen LogP contribution in [0.15, 0.2) is 30.3 Å². The van der Waals surface area contributed by atoms with Crippen molar-refractivity contribution >= 4 is 10.2 Å². The van der Waals surface area contributed by atoms with Crippen molar-refractivity contribution in [2.24, 2.45) is 0 Å². The van der Waals surface area contributed by atoms with Crippen molar-refractivity contribution in [2.45, 2.75) is 25.3 Å². The molecule has 1 aromatic rings. The summed E-state index contributed by atoms with van der Waals surface area (Å²) < 4.78 is 29.4. The normalized spacial score (nSPS) is 18.2. The zero-order chi connectivity index (χ0) is 15.3. The van der Waals surface area contributed by atoms with Crippen molar-refractivity contribution in [2.75, 3.05) is 33.7 Å². The molecule has 1 aliphatic rings. The monoisotopic (exact) mass is 311 g/mol. The molecule has 21 heavy (non-hydrogen) atoms. The molecule has 0 bridgehead atoms. The summed E-state index contributed by atoms with van der Waals surface area (Å²) in [6.07, 6.45) is 2.66. The van der Waals surface area contributed by atoms with Gasteiger partial charge < -0.3 is 4.90 Å². The van der Waals surface area contributed by atoms with Crippen molar-refractivity contribution in [1.82, 2.24) is 13.9 Å². The number of hydrogen-bond acceptors (Lipinski definition) is 3. The van der Waals surface area contributed by atoms with Gasteiger partial charge in [0.1, 0.15) is 0 Å². The standard InChI is InChI=1S/C15H25N3O2S/c1-17(2)13-10-15(14-8-4-3-5-9-14)16-21(19,20)18-11-6-7-12-18/h3-5,8-9,15-16H,6-7,10-13H2,1-2H3/t15-/m0/s1. The van der Waals surface area contributed by atoms with Gasteiger partial charge in [0.2, 0.25) is 0 Å². The highest BCUT2D eigenvalue weighted by atomic mass is 32.2. The molecule has 1 saturated heterocycles. The Kier molecular flexibility index (Phi) is 5.75. The average Bonchev–Trinajstić information content (AvgIpc) is 2.99. The van der Waals surface area contributed by atoms with E-state index in [1.165, 1.54) is 0 Å². The van der Waals surface area contributed by atoms with Crippen molar-refractivity contribution in [3.8, 4) is 0 Å². The van der Waals surface area contributed by atoms with E-state index < -0.39 is 10.2 Å². The Morgan fingerprint density at radius 3 is 2.38 bits per heavy atom. The molecule has 0 aliphatic carbocycles. The Labute approximate surface area is 128 Å². The SMILES string of the molecule is CN(C)CC[C@H](NS(=O)(=O)N1CCCC1)c1ccccc1. The van der Waals surface area contributed by atoms with Crippen LogP contribution in [0.4, 0.5) is 0 Å². The molecule has 1 N–H and O–H groups in total. The number of nitrogens with zero attached hydrogens (tertiary/aromatic N) is 2. The average molecular weight is 311 g/mol. The molecule has 2 rings (SSSR count). The van der Waals surface area contributed by atoms with E-state index in [4.69, 9.17) is 0 Å². The van der Waals surface area contributed by atoms with Gasteiger partial charge in [-0.15, -0.1) is 0 Å². The molecular weight excluding hydrogens is 286 g/mol. The van der Waals surface area contributed by atoms with Crippen LogP contribution in [0.25, 0.3) is 0 Å². The van der Waals surface area contributed by atoms with Crippen LogP contribution in [0.2, 0.25) is 0 Å². The lowest BCUT2D eigenvalue weighted by Crippen LogP contribution is -2.41. The van der Waals surface area contributed by atoms with E-state index in [1.807, 2.05) is 44.4 Å². The van der Waals surface area contributed by atoms with Crippen LogP contribution in [0.3, 0.4) is 0 Å². The summed E-state index contributed by atoms with van der Waals surface area (Å²) in [7, 11) is 0.604. The molecule has 1 fully saturated rings. The van der Waals surface area contributed by atoms with Gasteiger partial charge in [-0.25, -0.2) is 0 Å². The molecule has 1 aromatic carbocycles. The molecule has 1 heterocycles. The molecule has 6 heteroatoms. The Hall–Kier alpha value is -0.950. The number of nitrogens with one attached hydrogen (secondary N) is 1. The molecule has 1 atom stereocenters. The molecular formula is C15H25N3O2S. The highest BCUT2D eigenvalue weighted by molar-refractivity contribution is 7.87. The minimum absolute atomic E-state index is 0.181. The summed E-state index contributed by atoms with van der Waals surface area (Å²) in [6.45, 7) is 2.09. The van der Waals surface area contributed by atoms with Crippen LogP contribution in [0.1, 0.15) is 30.9 Å². The van der Waals surface area contributed by atoms with Gasteiger partial charge in [0, 0.05) is 19.1 Å². The van der Waals surface area contributed by atoms with E-state index in [-0.39, 0.29) is 6.04 Å². The number of hydrogen-bond donors (Lipinski definition) is 1. The summed E-state index contributed by atoms with van der Waals surface area (Å²) in [6, 6.07) is 9.62. The molecule has 0 radical (unpaired) electrons. The molecule has 0 spiro atoms. The maximum atomic E-state index is 12.5. The van der Waals surface area contributed by atoms with Crippen molar-refractivity contribution < 1.29 is 8.42 Å². The molecule has 0 aromatic heterocycles. The third-order valence-electron chi connectivity index (χ3n) is 3.76. The molecule has 0 amide bonds. The van der Waals surface area contributed by atoms with Gasteiger partial charge in [0.25, 0.3) is 10.2 Å². The van der Waals surface area contributed by atoms with Crippen LogP contribution in [0, 0.1) is 0 Å².